The van der Waals surface area contributed by atoms with Crippen molar-refractivity contribution in [3.8, 4) is 0 Å². The van der Waals surface area contributed by atoms with E-state index in [0.717, 1.165) is 25.9 Å². The van der Waals surface area contributed by atoms with Crippen molar-refractivity contribution in [1.29, 1.82) is 0 Å². The number of halogens is 2. The van der Waals surface area contributed by atoms with Crippen molar-refractivity contribution in [3.05, 3.63) is 46.8 Å². The van der Waals surface area contributed by atoms with E-state index in [1.807, 2.05) is 0 Å². The summed E-state index contributed by atoms with van der Waals surface area (Å²) in [6, 6.07) is -0.176. The summed E-state index contributed by atoms with van der Waals surface area (Å²) in [5, 5.41) is 6.33. The van der Waals surface area contributed by atoms with Crippen LogP contribution in [0.1, 0.15) is 12.8 Å². The number of piperidine rings is 1. The van der Waals surface area contributed by atoms with E-state index in [9.17, 15) is 17.8 Å². The van der Waals surface area contributed by atoms with Crippen molar-refractivity contribution in [1.82, 2.24) is 20.4 Å². The molecule has 1 unspecified atom stereocenters. The Morgan fingerprint density at radius 1 is 1.22 bits per heavy atom. The molecule has 0 radical (unpaired) electrons. The Hall–Kier alpha value is -1.52. The number of carbonyl (C=O) groups excluding carboxylic acids is 1. The third kappa shape index (κ3) is 4.02. The number of rotatable bonds is 2. The van der Waals surface area contributed by atoms with Crippen molar-refractivity contribution in [2.24, 2.45) is 0 Å². The number of hydrogen-bond donors (Lipinski definition) is 3. The van der Waals surface area contributed by atoms with Crippen LogP contribution in [0.5, 0.6) is 0 Å². The van der Waals surface area contributed by atoms with Gasteiger partial charge in [0.15, 0.2) is 0 Å². The zero-order chi connectivity index (χ0) is 17.6. The lowest BCUT2D eigenvalue weighted by Gasteiger charge is -2.32. The topological polar surface area (TPSA) is 102 Å². The number of urea groups is 1. The van der Waals surface area contributed by atoms with Crippen molar-refractivity contribution >= 4 is 41.0 Å². The lowest BCUT2D eigenvalue weighted by atomic mass is 10.1. The summed E-state index contributed by atoms with van der Waals surface area (Å²) in [6.07, 6.45) is 10.0. The maximum absolute atomic E-state index is 12.7. The molecule has 0 aliphatic carbocycles. The molecule has 0 bridgehead atoms. The minimum Gasteiger partial charge on any atom is -0.335 e. The van der Waals surface area contributed by atoms with E-state index in [1.165, 1.54) is 6.08 Å². The average molecular weight is 437 g/mol. The van der Waals surface area contributed by atoms with E-state index in [4.69, 9.17) is 0 Å². The van der Waals surface area contributed by atoms with Gasteiger partial charge >= 0.3 is 6.03 Å². The molecule has 27 heavy (non-hydrogen) atoms. The van der Waals surface area contributed by atoms with Crippen LogP contribution < -0.4 is 10.6 Å². The van der Waals surface area contributed by atoms with Gasteiger partial charge in [0, 0.05) is 6.04 Å². The van der Waals surface area contributed by atoms with E-state index in [-0.39, 0.29) is 47.8 Å². The summed E-state index contributed by atoms with van der Waals surface area (Å²) in [5.74, 6) is 0.624. The number of nitrogens with zero attached hydrogens (tertiary/aromatic N) is 2. The van der Waals surface area contributed by atoms with E-state index in [0.29, 0.717) is 18.1 Å². The van der Waals surface area contributed by atoms with Gasteiger partial charge in [0.1, 0.15) is 10.7 Å². The molecule has 3 N–H and O–H groups in total. The number of hydrogen-bond acceptors (Lipinski definition) is 5. The molecule has 0 aromatic rings. The summed E-state index contributed by atoms with van der Waals surface area (Å²) in [5.41, 5.74) is 0.393. The predicted octanol–water partition coefficient (Wildman–Crippen LogP) is 1.36. The van der Waals surface area contributed by atoms with Gasteiger partial charge in [0.25, 0.3) is 10.1 Å². The quantitative estimate of drug-likeness (QED) is 0.564. The minimum atomic E-state index is -4.33. The zero-order valence-electron chi connectivity index (χ0n) is 14.4. The van der Waals surface area contributed by atoms with Crippen molar-refractivity contribution in [2.45, 2.75) is 24.9 Å². The van der Waals surface area contributed by atoms with Gasteiger partial charge in [-0.15, -0.1) is 24.8 Å². The summed E-state index contributed by atoms with van der Waals surface area (Å²) in [7, 11) is -4.33. The lowest BCUT2D eigenvalue weighted by molar-refractivity contribution is 0.207. The summed E-state index contributed by atoms with van der Waals surface area (Å²) >= 11 is 0. The van der Waals surface area contributed by atoms with Crippen LogP contribution in [0.15, 0.2) is 46.8 Å². The SMILES string of the molecule is Cl.Cl.O=C(NC1CCNCC1)N1CC2C=CC(S(=O)(=O)O)=C3C=CC=C1N32. The van der Waals surface area contributed by atoms with Crippen LogP contribution in [-0.4, -0.2) is 60.5 Å². The van der Waals surface area contributed by atoms with Crippen LogP contribution in [-0.2, 0) is 10.1 Å². The van der Waals surface area contributed by atoms with Crippen LogP contribution in [0.4, 0.5) is 4.79 Å². The number of carbonyl (C=O) groups is 1. The largest absolute Gasteiger partial charge is 0.335 e. The smallest absolute Gasteiger partial charge is 0.323 e. The Labute approximate surface area is 170 Å². The van der Waals surface area contributed by atoms with E-state index in [2.05, 4.69) is 10.6 Å². The Morgan fingerprint density at radius 2 is 1.93 bits per heavy atom. The van der Waals surface area contributed by atoms with Gasteiger partial charge in [-0.05, 0) is 44.2 Å². The highest BCUT2D eigenvalue weighted by molar-refractivity contribution is 7.90. The normalized spacial score (nSPS) is 24.0. The molecule has 2 fully saturated rings. The molecule has 150 valence electrons. The molecule has 0 aromatic heterocycles. The second-order valence-corrected chi connectivity index (χ2v) is 7.88. The highest BCUT2D eigenvalue weighted by atomic mass is 35.5. The Balaban J connectivity index is 0.00000131. The second kappa shape index (κ2) is 8.24. The molecule has 0 spiro atoms. The number of nitrogens with one attached hydrogen (secondary N) is 2. The van der Waals surface area contributed by atoms with E-state index >= 15 is 0 Å². The molecule has 8 nitrogen and oxygen atoms in total. The molecule has 4 heterocycles. The number of amides is 2. The van der Waals surface area contributed by atoms with E-state index < -0.39 is 10.1 Å². The highest BCUT2D eigenvalue weighted by Crippen LogP contribution is 2.38. The van der Waals surface area contributed by atoms with Gasteiger partial charge in [-0.1, -0.05) is 12.2 Å². The molecule has 0 aromatic carbocycles. The molecule has 0 saturated carbocycles. The van der Waals surface area contributed by atoms with Crippen LogP contribution in [0, 0.1) is 0 Å². The van der Waals surface area contributed by atoms with Crippen molar-refractivity contribution < 1.29 is 17.8 Å². The van der Waals surface area contributed by atoms with Crippen molar-refractivity contribution in [3.63, 3.8) is 0 Å². The average Bonchev–Trinajstić information content (AvgIpc) is 2.96. The first kappa shape index (κ1) is 21.8. The summed E-state index contributed by atoms with van der Waals surface area (Å²) in [4.78, 5) is 16.0. The van der Waals surface area contributed by atoms with Gasteiger partial charge in [0.05, 0.1) is 18.3 Å². The van der Waals surface area contributed by atoms with Crippen LogP contribution in [0.3, 0.4) is 0 Å². The first-order valence-electron chi connectivity index (χ1n) is 8.31. The van der Waals surface area contributed by atoms with Gasteiger partial charge < -0.3 is 15.5 Å². The van der Waals surface area contributed by atoms with E-state index in [1.54, 1.807) is 34.1 Å². The molecule has 1 atom stereocenters. The molecule has 4 rings (SSSR count). The Morgan fingerprint density at radius 3 is 2.59 bits per heavy atom. The third-order valence-corrected chi connectivity index (χ3v) is 5.80. The fraction of sp³-hybridized carbons (Fsp3) is 0.438. The van der Waals surface area contributed by atoms with Gasteiger partial charge in [0.2, 0.25) is 0 Å². The summed E-state index contributed by atoms with van der Waals surface area (Å²) < 4.78 is 32.7. The Bertz CT molecular complexity index is 831. The fourth-order valence-corrected chi connectivity index (χ4v) is 4.38. The monoisotopic (exact) mass is 436 g/mol. The van der Waals surface area contributed by atoms with Gasteiger partial charge in [-0.25, -0.2) is 4.79 Å². The molecule has 4 aliphatic rings. The van der Waals surface area contributed by atoms with Gasteiger partial charge in [-0.2, -0.15) is 8.42 Å². The molecule has 2 amide bonds. The summed E-state index contributed by atoms with van der Waals surface area (Å²) in [6.45, 7) is 2.21. The standard InChI is InChI=1S/C16H20N4O4S.2ClH/c21-16(18-11-6-8-17-9-7-11)19-10-12-4-5-14(25(22,23)24)13-2-1-3-15(19)20(12)13;;/h1-5,11-12,17H,6-10H2,(H,18,21)(H,22,23,24);2*1H. The first-order valence-corrected chi connectivity index (χ1v) is 9.75. The minimum absolute atomic E-state index is 0. The van der Waals surface area contributed by atoms with Crippen molar-refractivity contribution in [2.75, 3.05) is 19.6 Å². The maximum Gasteiger partial charge on any atom is 0.323 e. The van der Waals surface area contributed by atoms with Crippen LogP contribution in [0.25, 0.3) is 0 Å². The second-order valence-electron chi connectivity index (χ2n) is 6.49. The zero-order valence-corrected chi connectivity index (χ0v) is 16.8. The molecule has 11 heteroatoms. The number of allylic oxidation sites excluding steroid dienone is 4. The van der Waals surface area contributed by atoms with Crippen LogP contribution in [0.2, 0.25) is 0 Å². The lowest BCUT2D eigenvalue weighted by Crippen LogP contribution is -2.47. The third-order valence-electron chi connectivity index (χ3n) is 4.90. The molecular formula is C16H22Cl2N4O4S. The molecular weight excluding hydrogens is 415 g/mol. The highest BCUT2D eigenvalue weighted by Gasteiger charge is 2.42. The maximum atomic E-state index is 12.7. The molecule has 2 saturated heterocycles. The fourth-order valence-electron chi connectivity index (χ4n) is 3.70. The predicted molar refractivity (Wildman–Crippen MR) is 106 cm³/mol. The first-order chi connectivity index (χ1) is 11.9. The molecule has 4 aliphatic heterocycles. The van der Waals surface area contributed by atoms with Gasteiger partial charge in [-0.3, -0.25) is 9.45 Å². The Kier molecular flexibility index (Phi) is 6.64. The van der Waals surface area contributed by atoms with Crippen LogP contribution >= 0.6 is 24.8 Å².